The first-order valence-corrected chi connectivity index (χ1v) is 8.65. The maximum absolute atomic E-state index is 12.2. The molecule has 0 aliphatic carbocycles. The topological polar surface area (TPSA) is 41.1 Å². The number of rotatable bonds is 6. The first kappa shape index (κ1) is 17.5. The maximum atomic E-state index is 12.2. The molecule has 3 nitrogen and oxygen atoms in total. The number of carbonyl (C=O) groups excluding carboxylic acids is 1. The molecule has 23 heavy (non-hydrogen) atoms. The lowest BCUT2D eigenvalue weighted by molar-refractivity contribution is -0.115. The normalized spacial score (nSPS) is 10.7. The van der Waals surface area contributed by atoms with E-state index in [0.717, 1.165) is 21.4 Å². The maximum Gasteiger partial charge on any atom is 0.226 e. The second kappa shape index (κ2) is 8.16. The minimum Gasteiger partial charge on any atom is -0.385 e. The van der Waals surface area contributed by atoms with Gasteiger partial charge in [-0.2, -0.15) is 0 Å². The van der Waals surface area contributed by atoms with Crippen molar-refractivity contribution >= 4 is 33.2 Å². The molecule has 4 heteroatoms. The van der Waals surface area contributed by atoms with Crippen molar-refractivity contribution in [2.24, 2.45) is 0 Å². The van der Waals surface area contributed by atoms with Gasteiger partial charge in [-0.3, -0.25) is 4.79 Å². The summed E-state index contributed by atoms with van der Waals surface area (Å²) >= 11 is 3.41. The van der Waals surface area contributed by atoms with Gasteiger partial charge >= 0.3 is 0 Å². The van der Waals surface area contributed by atoms with Gasteiger partial charge in [0.05, 0.1) is 0 Å². The number of benzene rings is 2. The lowest BCUT2D eigenvalue weighted by Crippen LogP contribution is -2.18. The summed E-state index contributed by atoms with van der Waals surface area (Å²) in [4.78, 5) is 12.2. The monoisotopic (exact) mass is 374 g/mol. The third-order valence-electron chi connectivity index (χ3n) is 3.72. The predicted octanol–water partition coefficient (Wildman–Crippen LogP) is 5.32. The highest BCUT2D eigenvalue weighted by Crippen LogP contribution is 2.27. The molecule has 0 aliphatic rings. The van der Waals surface area contributed by atoms with E-state index >= 15 is 0 Å². The Bertz CT molecular complexity index is 666. The van der Waals surface area contributed by atoms with E-state index in [9.17, 15) is 4.79 Å². The standard InChI is InChI=1S/C19H23BrN2O/c1-13(2)17-6-4-5-14(3)19(17)22-18(23)11-12-21-16-9-7-15(20)8-10-16/h4-10,13,21H,11-12H2,1-3H3,(H,22,23). The van der Waals surface area contributed by atoms with Crippen LogP contribution in [0.2, 0.25) is 0 Å². The van der Waals surface area contributed by atoms with E-state index in [1.807, 2.05) is 43.3 Å². The van der Waals surface area contributed by atoms with Crippen molar-refractivity contribution in [1.29, 1.82) is 0 Å². The molecule has 0 heterocycles. The van der Waals surface area contributed by atoms with Crippen molar-refractivity contribution in [3.8, 4) is 0 Å². The molecule has 2 rings (SSSR count). The zero-order valence-electron chi connectivity index (χ0n) is 13.8. The Morgan fingerprint density at radius 1 is 1.13 bits per heavy atom. The average molecular weight is 375 g/mol. The molecule has 1 amide bonds. The average Bonchev–Trinajstić information content (AvgIpc) is 2.51. The third kappa shape index (κ3) is 5.10. The highest BCUT2D eigenvalue weighted by atomic mass is 79.9. The van der Waals surface area contributed by atoms with Crippen LogP contribution in [0, 0.1) is 6.92 Å². The number of anilines is 2. The molecule has 122 valence electrons. The van der Waals surface area contributed by atoms with Crippen LogP contribution in [0.3, 0.4) is 0 Å². The number of hydrogen-bond acceptors (Lipinski definition) is 2. The van der Waals surface area contributed by atoms with Gasteiger partial charge in [0.1, 0.15) is 0 Å². The van der Waals surface area contributed by atoms with E-state index in [0.29, 0.717) is 18.9 Å². The predicted molar refractivity (Wildman–Crippen MR) is 101 cm³/mol. The Morgan fingerprint density at radius 3 is 2.48 bits per heavy atom. The molecule has 2 aromatic carbocycles. The van der Waals surface area contributed by atoms with E-state index in [2.05, 4.69) is 46.5 Å². The fourth-order valence-corrected chi connectivity index (χ4v) is 2.70. The zero-order chi connectivity index (χ0) is 16.8. The Hall–Kier alpha value is -1.81. The lowest BCUT2D eigenvalue weighted by atomic mass is 9.98. The molecule has 0 unspecified atom stereocenters. The molecule has 0 radical (unpaired) electrons. The van der Waals surface area contributed by atoms with E-state index in [1.54, 1.807) is 0 Å². The van der Waals surface area contributed by atoms with E-state index in [4.69, 9.17) is 0 Å². The van der Waals surface area contributed by atoms with Gasteiger partial charge in [-0.1, -0.05) is 48.0 Å². The smallest absolute Gasteiger partial charge is 0.226 e. The summed E-state index contributed by atoms with van der Waals surface area (Å²) in [6, 6.07) is 14.1. The Labute approximate surface area is 146 Å². The molecule has 0 saturated carbocycles. The molecular weight excluding hydrogens is 352 g/mol. The third-order valence-corrected chi connectivity index (χ3v) is 4.25. The van der Waals surface area contributed by atoms with Crippen LogP contribution in [0.1, 0.15) is 37.3 Å². The number of carbonyl (C=O) groups is 1. The van der Waals surface area contributed by atoms with Crippen molar-refractivity contribution in [2.45, 2.75) is 33.1 Å². The molecular formula is C19H23BrN2O. The molecule has 0 saturated heterocycles. The van der Waals surface area contributed by atoms with Gasteiger partial charge in [0.15, 0.2) is 0 Å². The largest absolute Gasteiger partial charge is 0.385 e. The van der Waals surface area contributed by atoms with E-state index < -0.39 is 0 Å². The molecule has 0 aromatic heterocycles. The first-order valence-electron chi connectivity index (χ1n) is 7.86. The van der Waals surface area contributed by atoms with E-state index in [1.165, 1.54) is 5.56 Å². The number of halogens is 1. The molecule has 0 fully saturated rings. The van der Waals surface area contributed by atoms with Gasteiger partial charge < -0.3 is 10.6 Å². The fourth-order valence-electron chi connectivity index (χ4n) is 2.43. The molecule has 0 spiro atoms. The Kier molecular flexibility index (Phi) is 6.22. The quantitative estimate of drug-likeness (QED) is 0.717. The van der Waals surface area contributed by atoms with Gasteiger partial charge in [-0.15, -0.1) is 0 Å². The van der Waals surface area contributed by atoms with Crippen molar-refractivity contribution in [2.75, 3.05) is 17.2 Å². The van der Waals surface area contributed by atoms with Crippen LogP contribution < -0.4 is 10.6 Å². The van der Waals surface area contributed by atoms with Crippen molar-refractivity contribution in [3.63, 3.8) is 0 Å². The summed E-state index contributed by atoms with van der Waals surface area (Å²) in [6.07, 6.45) is 0.432. The molecule has 0 aliphatic heterocycles. The van der Waals surface area contributed by atoms with Crippen LogP contribution in [-0.4, -0.2) is 12.5 Å². The summed E-state index contributed by atoms with van der Waals surface area (Å²) in [5.74, 6) is 0.414. The van der Waals surface area contributed by atoms with Gasteiger partial charge in [0, 0.05) is 28.8 Å². The van der Waals surface area contributed by atoms with Crippen molar-refractivity contribution in [3.05, 3.63) is 58.1 Å². The number of amides is 1. The van der Waals surface area contributed by atoms with Gasteiger partial charge in [-0.05, 0) is 48.2 Å². The zero-order valence-corrected chi connectivity index (χ0v) is 15.4. The number of aryl methyl sites for hydroxylation is 1. The van der Waals surface area contributed by atoms with Crippen LogP contribution in [0.25, 0.3) is 0 Å². The van der Waals surface area contributed by atoms with Crippen molar-refractivity contribution in [1.82, 2.24) is 0 Å². The highest BCUT2D eigenvalue weighted by molar-refractivity contribution is 9.10. The molecule has 2 aromatic rings. The highest BCUT2D eigenvalue weighted by Gasteiger charge is 2.11. The summed E-state index contributed by atoms with van der Waals surface area (Å²) < 4.78 is 1.04. The summed E-state index contributed by atoms with van der Waals surface area (Å²) in [6.45, 7) is 6.91. The van der Waals surface area contributed by atoms with Crippen LogP contribution in [-0.2, 0) is 4.79 Å². The SMILES string of the molecule is Cc1cccc(C(C)C)c1NC(=O)CCNc1ccc(Br)cc1. The van der Waals surface area contributed by atoms with E-state index in [-0.39, 0.29) is 5.91 Å². The van der Waals surface area contributed by atoms with Crippen LogP contribution in [0.5, 0.6) is 0 Å². The van der Waals surface area contributed by atoms with Gasteiger partial charge in [-0.25, -0.2) is 0 Å². The molecule has 2 N–H and O–H groups in total. The van der Waals surface area contributed by atoms with Gasteiger partial charge in [0.2, 0.25) is 5.91 Å². The number of para-hydroxylation sites is 1. The summed E-state index contributed by atoms with van der Waals surface area (Å²) in [5, 5.41) is 6.33. The number of nitrogens with one attached hydrogen (secondary N) is 2. The van der Waals surface area contributed by atoms with Gasteiger partial charge in [0.25, 0.3) is 0 Å². The van der Waals surface area contributed by atoms with Crippen LogP contribution in [0.15, 0.2) is 46.9 Å². The second-order valence-corrected chi connectivity index (χ2v) is 6.84. The Balaban J connectivity index is 1.91. The van der Waals surface area contributed by atoms with Crippen molar-refractivity contribution < 1.29 is 4.79 Å². The lowest BCUT2D eigenvalue weighted by Gasteiger charge is -2.16. The minimum absolute atomic E-state index is 0.0332. The molecule has 0 bridgehead atoms. The fraction of sp³-hybridized carbons (Fsp3) is 0.316. The Morgan fingerprint density at radius 2 is 1.83 bits per heavy atom. The minimum atomic E-state index is 0.0332. The van der Waals surface area contributed by atoms with Crippen LogP contribution >= 0.6 is 15.9 Å². The molecule has 0 atom stereocenters. The summed E-state index contributed by atoms with van der Waals surface area (Å²) in [7, 11) is 0. The second-order valence-electron chi connectivity index (χ2n) is 5.93. The summed E-state index contributed by atoms with van der Waals surface area (Å²) in [5.41, 5.74) is 4.25. The number of hydrogen-bond donors (Lipinski definition) is 2. The first-order chi connectivity index (χ1) is 11.0. The van der Waals surface area contributed by atoms with Crippen LogP contribution in [0.4, 0.5) is 11.4 Å².